The number of para-hydroxylation sites is 1. The zero-order valence-corrected chi connectivity index (χ0v) is 20.5. The Morgan fingerprint density at radius 3 is 2.19 bits per heavy atom. The molecule has 2 N–H and O–H groups in total. The molecule has 0 aromatic heterocycles. The molecule has 0 bridgehead atoms. The quantitative estimate of drug-likeness (QED) is 0.697. The molecule has 1 atom stereocenters. The molecule has 2 aromatic carbocycles. The Hall–Kier alpha value is -2.80. The number of phenols is 1. The van der Waals surface area contributed by atoms with Gasteiger partial charge in [0.1, 0.15) is 11.4 Å². The number of amidine groups is 1. The van der Waals surface area contributed by atoms with Crippen molar-refractivity contribution in [1.82, 2.24) is 10.3 Å². The second-order valence-corrected chi connectivity index (χ2v) is 11.0. The fraction of sp³-hybridized carbons (Fsp3) is 0.400. The number of carbonyl (C=O) groups excluding carboxylic acids is 1. The van der Waals surface area contributed by atoms with Crippen LogP contribution in [-0.2, 0) is 15.6 Å². The van der Waals surface area contributed by atoms with E-state index in [-0.39, 0.29) is 16.7 Å². The number of fused-ring (bicyclic) bond motifs is 2. The van der Waals surface area contributed by atoms with Crippen LogP contribution in [0.25, 0.3) is 5.70 Å². The number of aromatic hydroxyl groups is 1. The molecule has 0 aliphatic carbocycles. The maximum Gasteiger partial charge on any atom is 0.276 e. The number of amides is 1. The maximum absolute atomic E-state index is 13.1. The molecule has 6 nitrogen and oxygen atoms in total. The fourth-order valence-corrected chi connectivity index (χ4v) is 4.45. The number of rotatable bonds is 1. The molecule has 2 aliphatic rings. The van der Waals surface area contributed by atoms with Crippen LogP contribution in [0, 0.1) is 0 Å². The van der Waals surface area contributed by atoms with E-state index in [0.717, 1.165) is 27.3 Å². The molecule has 0 fully saturated rings. The zero-order valence-electron chi connectivity index (χ0n) is 19.6. The summed E-state index contributed by atoms with van der Waals surface area (Å²) in [6.07, 6.45) is 1.36. The van der Waals surface area contributed by atoms with E-state index in [0.29, 0.717) is 16.6 Å². The van der Waals surface area contributed by atoms with Crippen molar-refractivity contribution in [2.45, 2.75) is 58.5 Å². The second kappa shape index (κ2) is 7.66. The topological polar surface area (TPSA) is 77.3 Å². The Morgan fingerprint density at radius 1 is 1.03 bits per heavy atom. The fourth-order valence-electron chi connectivity index (χ4n) is 4.09. The average Bonchev–Trinajstić information content (AvgIpc) is 2.71. The minimum atomic E-state index is -0.518. The molecule has 0 spiro atoms. The number of hydrogen-bond donors (Lipinski definition) is 2. The molecule has 1 amide bonds. The molecular formula is C25H30N4O2S. The summed E-state index contributed by atoms with van der Waals surface area (Å²) in [6.45, 7) is 12.5. The van der Waals surface area contributed by atoms with Crippen LogP contribution in [0.4, 0.5) is 0 Å². The molecular weight excluding hydrogens is 420 g/mol. The van der Waals surface area contributed by atoms with E-state index in [1.807, 2.05) is 42.7 Å². The summed E-state index contributed by atoms with van der Waals surface area (Å²) >= 11 is 1.38. The van der Waals surface area contributed by atoms with Gasteiger partial charge in [-0.05, 0) is 52.0 Å². The van der Waals surface area contributed by atoms with Gasteiger partial charge in [-0.1, -0.05) is 71.5 Å². The van der Waals surface area contributed by atoms with E-state index in [1.165, 1.54) is 11.8 Å². The van der Waals surface area contributed by atoms with Crippen molar-refractivity contribution in [2.24, 2.45) is 10.1 Å². The van der Waals surface area contributed by atoms with Crippen molar-refractivity contribution in [3.63, 3.8) is 0 Å². The zero-order chi connectivity index (χ0) is 23.4. The third kappa shape index (κ3) is 3.79. The molecule has 0 saturated heterocycles. The van der Waals surface area contributed by atoms with Gasteiger partial charge in [-0.15, -0.1) is 5.10 Å². The lowest BCUT2D eigenvalue weighted by molar-refractivity contribution is -0.116. The number of phenolic OH excluding ortho intramolecular Hbond substituents is 1. The highest BCUT2D eigenvalue weighted by atomic mass is 32.2. The van der Waals surface area contributed by atoms with Crippen molar-refractivity contribution >= 4 is 28.5 Å². The van der Waals surface area contributed by atoms with E-state index >= 15 is 0 Å². The summed E-state index contributed by atoms with van der Waals surface area (Å²) < 4.78 is 0. The summed E-state index contributed by atoms with van der Waals surface area (Å²) in [5.74, 6) is 0.126. The van der Waals surface area contributed by atoms with Crippen LogP contribution in [0.2, 0.25) is 0 Å². The predicted octanol–water partition coefficient (Wildman–Crippen LogP) is 3.49. The molecule has 7 heteroatoms. The van der Waals surface area contributed by atoms with E-state index in [1.54, 1.807) is 5.01 Å². The first kappa shape index (κ1) is 22.4. The van der Waals surface area contributed by atoms with Gasteiger partial charge in [0.2, 0.25) is 0 Å². The lowest BCUT2D eigenvalue weighted by atomic mass is 9.78. The molecule has 0 radical (unpaired) electrons. The minimum absolute atomic E-state index is 0.192. The molecule has 2 heterocycles. The van der Waals surface area contributed by atoms with Crippen LogP contribution in [0.5, 0.6) is 5.75 Å². The normalized spacial score (nSPS) is 18.4. The highest BCUT2D eigenvalue weighted by molar-refractivity contribution is 8.13. The summed E-state index contributed by atoms with van der Waals surface area (Å²) in [4.78, 5) is 18.1. The van der Waals surface area contributed by atoms with Crippen molar-refractivity contribution in [2.75, 3.05) is 6.26 Å². The lowest BCUT2D eigenvalue weighted by Crippen LogP contribution is -2.50. The van der Waals surface area contributed by atoms with Gasteiger partial charge in [-0.25, -0.2) is 5.01 Å². The molecule has 2 aromatic rings. The van der Waals surface area contributed by atoms with Crippen LogP contribution in [0.1, 0.15) is 64.4 Å². The lowest BCUT2D eigenvalue weighted by Gasteiger charge is -2.35. The van der Waals surface area contributed by atoms with E-state index in [2.05, 4.69) is 46.9 Å². The largest absolute Gasteiger partial charge is 0.507 e. The smallest absolute Gasteiger partial charge is 0.276 e. The monoisotopic (exact) mass is 450 g/mol. The molecule has 168 valence electrons. The van der Waals surface area contributed by atoms with Gasteiger partial charge < -0.3 is 5.11 Å². The number of carbonyl (C=O) groups is 1. The van der Waals surface area contributed by atoms with Gasteiger partial charge in [0.15, 0.2) is 11.3 Å². The van der Waals surface area contributed by atoms with Gasteiger partial charge in [0.25, 0.3) is 5.91 Å². The van der Waals surface area contributed by atoms with Gasteiger partial charge in [0, 0.05) is 5.22 Å². The van der Waals surface area contributed by atoms with Crippen LogP contribution in [-0.4, -0.2) is 27.4 Å². The SMILES string of the molecule is CSC1=NN2C(=c3ccccc3=NC2c2cc(C(C)(C)C)c(O)c(C(C)(C)C)c2)C(=O)N1. The third-order valence-corrected chi connectivity index (χ3v) is 6.33. The molecule has 32 heavy (non-hydrogen) atoms. The summed E-state index contributed by atoms with van der Waals surface area (Å²) in [7, 11) is 0. The standard InChI is InChI=1S/C25H30N4O2S/c1-24(2,3)16-12-14(13-17(20(16)30)25(4,5)6)21-26-18-11-9-8-10-15(18)19-22(31)27-23(32-7)28-29(19)21/h8-13,21,30H,1-7H3,(H,27,28,31). The number of hydrazone groups is 1. The Kier molecular flexibility index (Phi) is 5.36. The molecule has 2 aliphatic heterocycles. The summed E-state index contributed by atoms with van der Waals surface area (Å²) in [6, 6.07) is 11.6. The van der Waals surface area contributed by atoms with Crippen LogP contribution in [0.3, 0.4) is 0 Å². The number of thioether (sulfide) groups is 1. The Morgan fingerprint density at radius 2 is 1.62 bits per heavy atom. The summed E-state index contributed by atoms with van der Waals surface area (Å²) in [5.41, 5.74) is 2.54. The first-order valence-electron chi connectivity index (χ1n) is 10.7. The number of benzene rings is 2. The molecule has 4 rings (SSSR count). The van der Waals surface area contributed by atoms with E-state index in [9.17, 15) is 9.90 Å². The second-order valence-electron chi connectivity index (χ2n) is 10.2. The van der Waals surface area contributed by atoms with E-state index in [4.69, 9.17) is 10.1 Å². The Bertz CT molecular complexity index is 1220. The highest BCUT2D eigenvalue weighted by Crippen LogP contribution is 2.42. The molecule has 0 saturated carbocycles. The van der Waals surface area contributed by atoms with Gasteiger partial charge in [0.05, 0.1) is 5.36 Å². The Balaban J connectivity index is 2.03. The third-order valence-electron chi connectivity index (χ3n) is 5.76. The maximum atomic E-state index is 13.1. The summed E-state index contributed by atoms with van der Waals surface area (Å²) in [5, 5.41) is 22.5. The number of nitrogens with zero attached hydrogens (tertiary/aromatic N) is 3. The molecule has 1 unspecified atom stereocenters. The Labute approximate surface area is 193 Å². The average molecular weight is 451 g/mol. The van der Waals surface area contributed by atoms with Crippen molar-refractivity contribution < 1.29 is 9.90 Å². The first-order chi connectivity index (χ1) is 14.9. The van der Waals surface area contributed by atoms with Crippen LogP contribution >= 0.6 is 11.8 Å². The minimum Gasteiger partial charge on any atom is -0.507 e. The van der Waals surface area contributed by atoms with Gasteiger partial charge >= 0.3 is 0 Å². The van der Waals surface area contributed by atoms with Crippen molar-refractivity contribution in [3.8, 4) is 5.75 Å². The first-order valence-corrected chi connectivity index (χ1v) is 11.9. The number of nitrogens with one attached hydrogen (secondary N) is 1. The van der Waals surface area contributed by atoms with Crippen LogP contribution in [0.15, 0.2) is 46.5 Å². The number of hydrogen-bond acceptors (Lipinski definition) is 6. The predicted molar refractivity (Wildman–Crippen MR) is 130 cm³/mol. The van der Waals surface area contributed by atoms with Gasteiger partial charge in [-0.2, -0.15) is 0 Å². The van der Waals surface area contributed by atoms with Crippen LogP contribution < -0.4 is 15.9 Å². The van der Waals surface area contributed by atoms with Gasteiger partial charge in [-0.3, -0.25) is 15.1 Å². The van der Waals surface area contributed by atoms with Crippen molar-refractivity contribution in [3.05, 3.63) is 63.7 Å². The van der Waals surface area contributed by atoms with E-state index < -0.39 is 6.17 Å². The highest BCUT2D eigenvalue weighted by Gasteiger charge is 2.36. The van der Waals surface area contributed by atoms with Crippen molar-refractivity contribution in [1.29, 1.82) is 0 Å².